The lowest BCUT2D eigenvalue weighted by molar-refractivity contribution is -0.128. The van der Waals surface area contributed by atoms with Crippen LogP contribution in [0.2, 0.25) is 0 Å². The van der Waals surface area contributed by atoms with Gasteiger partial charge in [-0.2, -0.15) is 20.3 Å². The SMILES string of the molecule is C=CC(=O)N1CCN(c2nc(OC[C@@H]3CCCN3C)nc3c2CCN(c2c(C)c(C)cc4[nH]ncc24)C3)C[C@@H]1CC#N. The van der Waals surface area contributed by atoms with Crippen molar-refractivity contribution in [3.63, 3.8) is 0 Å². The summed E-state index contributed by atoms with van der Waals surface area (Å²) in [4.78, 5) is 31.2. The van der Waals surface area contributed by atoms with E-state index >= 15 is 0 Å². The molecule has 1 N–H and O–H groups in total. The Kier molecular flexibility index (Phi) is 7.73. The number of likely N-dealkylation sites (N-methyl/N-ethyl adjacent to an activating group) is 1. The number of hydrogen-bond donors (Lipinski definition) is 1. The standard InChI is InChI=1S/C31H39N9O2/c1-5-28(41)40-14-13-39(17-22(40)8-10-32)30-24-9-12-38(29-21(3)20(2)15-26-25(29)16-33-36-26)18-27(24)34-31(35-30)42-19-23-7-6-11-37(23)4/h5,15-16,22-23H,1,6-9,11-14,17-19H2,2-4H3,(H,33,36)/t22-,23-/m0/s1. The highest BCUT2D eigenvalue weighted by Gasteiger charge is 2.34. The Balaban J connectivity index is 1.35. The molecule has 2 aromatic heterocycles. The largest absolute Gasteiger partial charge is 0.462 e. The number of rotatable bonds is 7. The van der Waals surface area contributed by atoms with Crippen molar-refractivity contribution in [1.82, 2.24) is 30.0 Å². The van der Waals surface area contributed by atoms with Gasteiger partial charge >= 0.3 is 6.01 Å². The Labute approximate surface area is 246 Å². The predicted octanol–water partition coefficient (Wildman–Crippen LogP) is 3.12. The first kappa shape index (κ1) is 28.0. The zero-order valence-electron chi connectivity index (χ0n) is 24.8. The second-order valence-electron chi connectivity index (χ2n) is 11.7. The second-order valence-corrected chi connectivity index (χ2v) is 11.7. The Morgan fingerprint density at radius 2 is 2.07 bits per heavy atom. The molecule has 0 radical (unpaired) electrons. The molecule has 11 nitrogen and oxygen atoms in total. The summed E-state index contributed by atoms with van der Waals surface area (Å²) in [5.41, 5.74) is 6.75. The molecule has 0 bridgehead atoms. The first-order valence-corrected chi connectivity index (χ1v) is 14.8. The number of aromatic amines is 1. The highest BCUT2D eigenvalue weighted by atomic mass is 16.5. The summed E-state index contributed by atoms with van der Waals surface area (Å²) in [5.74, 6) is 0.719. The fraction of sp³-hybridized carbons (Fsp3) is 0.516. The van der Waals surface area contributed by atoms with Gasteiger partial charge < -0.3 is 24.3 Å². The van der Waals surface area contributed by atoms with Crippen LogP contribution in [0.3, 0.4) is 0 Å². The maximum atomic E-state index is 12.5. The lowest BCUT2D eigenvalue weighted by Gasteiger charge is -2.42. The van der Waals surface area contributed by atoms with E-state index in [1.54, 1.807) is 4.90 Å². The number of amides is 1. The maximum Gasteiger partial charge on any atom is 0.318 e. The average Bonchev–Trinajstić information content (AvgIpc) is 3.63. The Hall–Kier alpha value is -4.17. The number of carbonyl (C=O) groups is 1. The Bertz CT molecular complexity index is 1540. The second kappa shape index (κ2) is 11.6. The molecule has 3 aliphatic heterocycles. The smallest absolute Gasteiger partial charge is 0.318 e. The number of benzene rings is 1. The molecule has 5 heterocycles. The van der Waals surface area contributed by atoms with Crippen LogP contribution in [0.5, 0.6) is 6.01 Å². The molecule has 42 heavy (non-hydrogen) atoms. The van der Waals surface area contributed by atoms with E-state index in [1.165, 1.54) is 29.3 Å². The summed E-state index contributed by atoms with van der Waals surface area (Å²) >= 11 is 0. The molecule has 3 aliphatic rings. The van der Waals surface area contributed by atoms with Crippen LogP contribution in [-0.4, -0.2) is 94.3 Å². The lowest BCUT2D eigenvalue weighted by atomic mass is 9.99. The van der Waals surface area contributed by atoms with Gasteiger partial charge in [0.25, 0.3) is 0 Å². The summed E-state index contributed by atoms with van der Waals surface area (Å²) < 4.78 is 6.30. The zero-order chi connectivity index (χ0) is 29.4. The molecule has 11 heteroatoms. The van der Waals surface area contributed by atoms with Gasteiger partial charge in [-0.1, -0.05) is 6.58 Å². The normalized spacial score (nSPS) is 21.0. The fourth-order valence-electron chi connectivity index (χ4n) is 6.72. The van der Waals surface area contributed by atoms with E-state index in [-0.39, 0.29) is 18.4 Å². The van der Waals surface area contributed by atoms with Crippen molar-refractivity contribution in [3.8, 4) is 12.1 Å². The van der Waals surface area contributed by atoms with Crippen LogP contribution in [0.15, 0.2) is 24.9 Å². The van der Waals surface area contributed by atoms with Crippen LogP contribution in [0.4, 0.5) is 11.5 Å². The monoisotopic (exact) mass is 569 g/mol. The van der Waals surface area contributed by atoms with Crippen LogP contribution in [-0.2, 0) is 17.8 Å². The minimum absolute atomic E-state index is 0.140. The highest BCUT2D eigenvalue weighted by molar-refractivity contribution is 5.94. The third-order valence-corrected chi connectivity index (χ3v) is 9.21. The predicted molar refractivity (Wildman–Crippen MR) is 162 cm³/mol. The van der Waals surface area contributed by atoms with Crippen LogP contribution in [0, 0.1) is 25.2 Å². The van der Waals surface area contributed by atoms with Gasteiger partial charge in [-0.05, 0) is 70.0 Å². The van der Waals surface area contributed by atoms with Gasteiger partial charge in [-0.25, -0.2) is 0 Å². The van der Waals surface area contributed by atoms with E-state index in [9.17, 15) is 10.1 Å². The number of fused-ring (bicyclic) bond motifs is 2. The van der Waals surface area contributed by atoms with E-state index in [0.29, 0.717) is 44.8 Å². The summed E-state index contributed by atoms with van der Waals surface area (Å²) in [6.45, 7) is 12.7. The van der Waals surface area contributed by atoms with Crippen molar-refractivity contribution in [2.24, 2.45) is 0 Å². The number of nitrogens with zero attached hydrogens (tertiary/aromatic N) is 8. The number of likely N-dealkylation sites (tertiary alicyclic amines) is 1. The molecule has 0 spiro atoms. The number of aromatic nitrogens is 4. The first-order valence-electron chi connectivity index (χ1n) is 14.8. The van der Waals surface area contributed by atoms with Gasteiger partial charge in [-0.3, -0.25) is 9.89 Å². The summed E-state index contributed by atoms with van der Waals surface area (Å²) in [5, 5.41) is 18.1. The van der Waals surface area contributed by atoms with Crippen molar-refractivity contribution in [2.45, 2.75) is 58.2 Å². The molecule has 2 saturated heterocycles. The number of nitrogens with one attached hydrogen (secondary N) is 1. The van der Waals surface area contributed by atoms with Crippen molar-refractivity contribution >= 4 is 28.3 Å². The molecular weight excluding hydrogens is 530 g/mol. The third kappa shape index (κ3) is 5.15. The maximum absolute atomic E-state index is 12.5. The Morgan fingerprint density at radius 1 is 1.21 bits per heavy atom. The number of piperazine rings is 1. The molecular formula is C31H39N9O2. The van der Waals surface area contributed by atoms with E-state index in [1.807, 2.05) is 6.20 Å². The molecule has 2 atom stereocenters. The number of ether oxygens (including phenoxy) is 1. The van der Waals surface area contributed by atoms with Crippen LogP contribution < -0.4 is 14.5 Å². The van der Waals surface area contributed by atoms with Gasteiger partial charge in [0.05, 0.1) is 48.2 Å². The van der Waals surface area contributed by atoms with Gasteiger partial charge in [0.1, 0.15) is 12.4 Å². The van der Waals surface area contributed by atoms with Crippen LogP contribution in [0.25, 0.3) is 10.9 Å². The number of aryl methyl sites for hydroxylation is 1. The minimum atomic E-state index is -0.235. The van der Waals surface area contributed by atoms with Crippen molar-refractivity contribution in [2.75, 3.05) is 56.2 Å². The van der Waals surface area contributed by atoms with E-state index in [4.69, 9.17) is 14.7 Å². The lowest BCUT2D eigenvalue weighted by Crippen LogP contribution is -2.55. The van der Waals surface area contributed by atoms with Crippen molar-refractivity contribution in [1.29, 1.82) is 5.26 Å². The van der Waals surface area contributed by atoms with Gasteiger partial charge in [-0.15, -0.1) is 0 Å². The summed E-state index contributed by atoms with van der Waals surface area (Å²) in [6, 6.07) is 4.92. The average molecular weight is 570 g/mol. The number of carbonyl (C=O) groups excluding carboxylic acids is 1. The number of hydrogen-bond acceptors (Lipinski definition) is 9. The number of nitriles is 1. The van der Waals surface area contributed by atoms with E-state index in [0.717, 1.165) is 53.9 Å². The molecule has 6 rings (SSSR count). The van der Waals surface area contributed by atoms with E-state index in [2.05, 4.69) is 64.5 Å². The first-order chi connectivity index (χ1) is 20.4. The summed E-state index contributed by atoms with van der Waals surface area (Å²) in [6.07, 6.45) is 6.54. The summed E-state index contributed by atoms with van der Waals surface area (Å²) in [7, 11) is 2.14. The topological polar surface area (TPSA) is 118 Å². The molecule has 1 aromatic carbocycles. The molecule has 2 fully saturated rings. The fourth-order valence-corrected chi connectivity index (χ4v) is 6.72. The molecule has 1 amide bonds. The molecule has 220 valence electrons. The third-order valence-electron chi connectivity index (χ3n) is 9.21. The molecule has 0 unspecified atom stereocenters. The quantitative estimate of drug-likeness (QED) is 0.428. The Morgan fingerprint density at radius 3 is 2.83 bits per heavy atom. The van der Waals surface area contributed by atoms with Crippen molar-refractivity contribution in [3.05, 3.63) is 47.3 Å². The molecule has 0 aliphatic carbocycles. The zero-order valence-corrected chi connectivity index (χ0v) is 24.8. The molecule has 3 aromatic rings. The number of H-pyrrole nitrogens is 1. The van der Waals surface area contributed by atoms with Gasteiger partial charge in [0.2, 0.25) is 5.91 Å². The van der Waals surface area contributed by atoms with E-state index < -0.39 is 0 Å². The van der Waals surface area contributed by atoms with Crippen LogP contribution in [0.1, 0.15) is 41.6 Å². The van der Waals surface area contributed by atoms with Crippen LogP contribution >= 0.6 is 0 Å². The molecule has 0 saturated carbocycles. The minimum Gasteiger partial charge on any atom is -0.462 e. The van der Waals surface area contributed by atoms with Crippen molar-refractivity contribution < 1.29 is 9.53 Å². The van der Waals surface area contributed by atoms with Gasteiger partial charge in [0.15, 0.2) is 0 Å². The van der Waals surface area contributed by atoms with Gasteiger partial charge in [0, 0.05) is 43.2 Å². The highest BCUT2D eigenvalue weighted by Crippen LogP contribution is 2.37. The number of anilines is 2.